The molecule has 0 spiro atoms. The maximum absolute atomic E-state index is 13.2. The lowest BCUT2D eigenvalue weighted by Crippen LogP contribution is -2.41. The average Bonchev–Trinajstić information content (AvgIpc) is 2.74. The van der Waals surface area contributed by atoms with Crippen molar-refractivity contribution in [3.8, 4) is 0 Å². The summed E-state index contributed by atoms with van der Waals surface area (Å²) in [5, 5.41) is 2.77. The first-order valence-corrected chi connectivity index (χ1v) is 11.4. The molecule has 1 unspecified atom stereocenters. The summed E-state index contributed by atoms with van der Waals surface area (Å²) >= 11 is 3.33. The molecule has 1 N–H and O–H groups in total. The number of carbonyl (C=O) groups excluding carboxylic acids is 1. The smallest absolute Gasteiger partial charge is 0.264 e. The van der Waals surface area contributed by atoms with Crippen molar-refractivity contribution in [1.29, 1.82) is 0 Å². The van der Waals surface area contributed by atoms with Crippen LogP contribution in [0.1, 0.15) is 18.5 Å². The molecule has 0 bridgehead atoms. The highest BCUT2D eigenvalue weighted by Crippen LogP contribution is 2.25. The average molecular weight is 491 g/mol. The molecule has 5 nitrogen and oxygen atoms in total. The van der Waals surface area contributed by atoms with E-state index in [0.29, 0.717) is 11.3 Å². The molecule has 0 aliphatic heterocycles. The largest absolute Gasteiger partial charge is 0.348 e. The van der Waals surface area contributed by atoms with E-state index >= 15 is 0 Å². The molecule has 0 heterocycles. The van der Waals surface area contributed by atoms with Crippen LogP contribution in [0.3, 0.4) is 0 Å². The molecule has 3 aromatic carbocycles. The molecule has 30 heavy (non-hydrogen) atoms. The first-order valence-electron chi connectivity index (χ1n) is 9.15. The topological polar surface area (TPSA) is 66.5 Å². The van der Waals surface area contributed by atoms with Crippen LogP contribution in [-0.2, 0) is 14.8 Å². The second-order valence-electron chi connectivity index (χ2n) is 6.64. The highest BCUT2D eigenvalue weighted by molar-refractivity contribution is 9.10. The van der Waals surface area contributed by atoms with Crippen molar-refractivity contribution in [1.82, 2.24) is 5.32 Å². The molecule has 0 saturated carbocycles. The maximum atomic E-state index is 13.2. The fourth-order valence-corrected chi connectivity index (χ4v) is 4.60. The van der Waals surface area contributed by atoms with Gasteiger partial charge in [-0.2, -0.15) is 0 Å². The zero-order valence-electron chi connectivity index (χ0n) is 16.1. The number of nitrogens with zero attached hydrogens (tertiary/aromatic N) is 1. The van der Waals surface area contributed by atoms with Gasteiger partial charge >= 0.3 is 0 Å². The van der Waals surface area contributed by atoms with Gasteiger partial charge in [0, 0.05) is 4.47 Å². The summed E-state index contributed by atoms with van der Waals surface area (Å²) in [6.07, 6.45) is 0. The predicted octanol–water partition coefficient (Wildman–Crippen LogP) is 4.66. The van der Waals surface area contributed by atoms with E-state index in [1.807, 2.05) is 0 Å². The first kappa shape index (κ1) is 22.0. The molecule has 3 aromatic rings. The number of amides is 1. The van der Waals surface area contributed by atoms with Gasteiger partial charge in [-0.1, -0.05) is 46.3 Å². The quantitative estimate of drug-likeness (QED) is 0.523. The Morgan fingerprint density at radius 2 is 1.60 bits per heavy atom. The Kier molecular flexibility index (Phi) is 6.89. The van der Waals surface area contributed by atoms with E-state index in [2.05, 4.69) is 21.2 Å². The second-order valence-corrected chi connectivity index (χ2v) is 9.42. The van der Waals surface area contributed by atoms with Crippen LogP contribution in [0.25, 0.3) is 0 Å². The van der Waals surface area contributed by atoms with E-state index in [9.17, 15) is 17.6 Å². The van der Waals surface area contributed by atoms with Crippen molar-refractivity contribution in [3.63, 3.8) is 0 Å². The van der Waals surface area contributed by atoms with Gasteiger partial charge in [-0.25, -0.2) is 12.8 Å². The normalized spacial score (nSPS) is 12.2. The van der Waals surface area contributed by atoms with E-state index in [1.165, 1.54) is 24.3 Å². The van der Waals surface area contributed by atoms with Crippen LogP contribution in [0.4, 0.5) is 10.1 Å². The van der Waals surface area contributed by atoms with E-state index in [1.54, 1.807) is 61.5 Å². The Labute approximate surface area is 183 Å². The molecular weight excluding hydrogens is 471 g/mol. The molecule has 3 rings (SSSR count). The van der Waals surface area contributed by atoms with Crippen molar-refractivity contribution in [2.24, 2.45) is 0 Å². The summed E-state index contributed by atoms with van der Waals surface area (Å²) in [4.78, 5) is 12.8. The van der Waals surface area contributed by atoms with E-state index in [4.69, 9.17) is 0 Å². The van der Waals surface area contributed by atoms with Crippen molar-refractivity contribution < 1.29 is 17.6 Å². The molecule has 1 atom stereocenters. The van der Waals surface area contributed by atoms with Gasteiger partial charge < -0.3 is 5.32 Å². The van der Waals surface area contributed by atoms with Gasteiger partial charge in [-0.05, 0) is 61.0 Å². The van der Waals surface area contributed by atoms with Crippen LogP contribution < -0.4 is 9.62 Å². The number of nitrogens with one attached hydrogen (secondary N) is 1. The van der Waals surface area contributed by atoms with Crippen LogP contribution >= 0.6 is 15.9 Å². The number of anilines is 1. The lowest BCUT2D eigenvalue weighted by molar-refractivity contribution is -0.120. The number of benzene rings is 3. The third-order valence-corrected chi connectivity index (χ3v) is 6.80. The van der Waals surface area contributed by atoms with Gasteiger partial charge in [0.05, 0.1) is 16.6 Å². The molecular formula is C22H20BrFN2O3S. The summed E-state index contributed by atoms with van der Waals surface area (Å²) < 4.78 is 41.5. The number of carbonyl (C=O) groups is 1. The van der Waals surface area contributed by atoms with E-state index < -0.39 is 28.5 Å². The fraction of sp³-hybridized carbons (Fsp3) is 0.136. The van der Waals surface area contributed by atoms with E-state index in [0.717, 1.165) is 8.78 Å². The van der Waals surface area contributed by atoms with Gasteiger partial charge in [-0.3, -0.25) is 9.10 Å². The molecule has 0 aliphatic carbocycles. The third-order valence-electron chi connectivity index (χ3n) is 4.48. The minimum Gasteiger partial charge on any atom is -0.348 e. The van der Waals surface area contributed by atoms with Crippen molar-refractivity contribution >= 4 is 37.5 Å². The summed E-state index contributed by atoms with van der Waals surface area (Å²) in [6, 6.07) is 20.0. The number of hydrogen-bond donors (Lipinski definition) is 1. The van der Waals surface area contributed by atoms with Crippen LogP contribution in [0.2, 0.25) is 0 Å². The van der Waals surface area contributed by atoms with Crippen molar-refractivity contribution in [3.05, 3.63) is 94.7 Å². The molecule has 156 valence electrons. The minimum atomic E-state index is -3.96. The van der Waals surface area contributed by atoms with Gasteiger partial charge in [0.25, 0.3) is 10.0 Å². The number of halogens is 2. The third kappa shape index (κ3) is 5.25. The highest BCUT2D eigenvalue weighted by atomic mass is 79.9. The zero-order valence-corrected chi connectivity index (χ0v) is 18.5. The zero-order chi connectivity index (χ0) is 21.7. The van der Waals surface area contributed by atoms with Crippen LogP contribution in [0.15, 0.2) is 88.2 Å². The Balaban J connectivity index is 1.86. The maximum Gasteiger partial charge on any atom is 0.264 e. The molecule has 0 aliphatic rings. The van der Waals surface area contributed by atoms with Crippen LogP contribution in [-0.4, -0.2) is 20.9 Å². The van der Waals surface area contributed by atoms with Crippen LogP contribution in [0.5, 0.6) is 0 Å². The number of sulfonamides is 1. The summed E-state index contributed by atoms with van der Waals surface area (Å²) in [6.45, 7) is 1.35. The molecule has 1 amide bonds. The van der Waals surface area contributed by atoms with Gasteiger partial charge in [-0.15, -0.1) is 0 Å². The van der Waals surface area contributed by atoms with Gasteiger partial charge in [0.15, 0.2) is 0 Å². The van der Waals surface area contributed by atoms with Gasteiger partial charge in [0.1, 0.15) is 12.4 Å². The minimum absolute atomic E-state index is 0.0901. The van der Waals surface area contributed by atoms with Crippen LogP contribution in [0, 0.1) is 5.82 Å². The lowest BCUT2D eigenvalue weighted by atomic mass is 10.1. The fourth-order valence-electron chi connectivity index (χ4n) is 2.89. The molecule has 0 fully saturated rings. The predicted molar refractivity (Wildman–Crippen MR) is 118 cm³/mol. The standard InChI is InChI=1S/C22H20BrFN2O3S/c1-16(17-7-11-19(24)12-8-17)25-22(27)15-26(20-13-9-18(23)10-14-20)30(28,29)21-5-3-2-4-6-21/h2-14,16H,15H2,1H3,(H,25,27). The number of rotatable bonds is 7. The Hall–Kier alpha value is -2.71. The monoisotopic (exact) mass is 490 g/mol. The Morgan fingerprint density at radius 1 is 1.00 bits per heavy atom. The summed E-state index contributed by atoms with van der Waals surface area (Å²) in [5.74, 6) is -0.845. The van der Waals surface area contributed by atoms with Gasteiger partial charge in [0.2, 0.25) is 5.91 Å². The Bertz CT molecular complexity index is 1110. The molecule has 8 heteroatoms. The van der Waals surface area contributed by atoms with Crippen molar-refractivity contribution in [2.75, 3.05) is 10.8 Å². The SMILES string of the molecule is CC(NC(=O)CN(c1ccc(Br)cc1)S(=O)(=O)c1ccccc1)c1ccc(F)cc1. The second kappa shape index (κ2) is 9.40. The summed E-state index contributed by atoms with van der Waals surface area (Å²) in [5.41, 5.74) is 1.08. The van der Waals surface area contributed by atoms with E-state index in [-0.39, 0.29) is 10.7 Å². The Morgan fingerprint density at radius 3 is 2.20 bits per heavy atom. The first-order chi connectivity index (χ1) is 14.3. The molecule has 0 radical (unpaired) electrons. The summed E-state index contributed by atoms with van der Waals surface area (Å²) in [7, 11) is -3.96. The lowest BCUT2D eigenvalue weighted by Gasteiger charge is -2.25. The van der Waals surface area contributed by atoms with Crippen molar-refractivity contribution in [2.45, 2.75) is 17.9 Å². The highest BCUT2D eigenvalue weighted by Gasteiger charge is 2.27. The molecule has 0 saturated heterocycles. The number of hydrogen-bond acceptors (Lipinski definition) is 3. The molecule has 0 aromatic heterocycles.